The van der Waals surface area contributed by atoms with Crippen molar-refractivity contribution in [2.45, 2.75) is 13.3 Å². The molecule has 54 valence electrons. The van der Waals surface area contributed by atoms with Gasteiger partial charge in [0.15, 0.2) is 0 Å². The van der Waals surface area contributed by atoms with Crippen LogP contribution < -0.4 is 0 Å². The lowest BCUT2D eigenvalue weighted by Crippen LogP contribution is -2.03. The number of rotatable bonds is 5. The molecule has 0 rings (SSSR count). The Morgan fingerprint density at radius 1 is 1.56 bits per heavy atom. The Kier molecular flexibility index (Phi) is 5.46. The monoisotopic (exact) mass is 131 g/mol. The van der Waals surface area contributed by atoms with Crippen LogP contribution in [0.15, 0.2) is 0 Å². The zero-order valence-electron chi connectivity index (χ0n) is 5.68. The number of aliphatic hydroxyl groups excluding tert-OH is 1. The van der Waals surface area contributed by atoms with E-state index in [0.29, 0.717) is 25.3 Å². The lowest BCUT2D eigenvalue weighted by atomic mass is 10.3. The smallest absolute Gasteiger partial charge is 0.0697 e. The molecule has 3 heteroatoms. The van der Waals surface area contributed by atoms with E-state index in [0.717, 1.165) is 0 Å². The molecule has 0 aromatic heterocycles. The Morgan fingerprint density at radius 2 is 2.22 bits per heavy atom. The van der Waals surface area contributed by atoms with Crippen molar-refractivity contribution >= 4 is 5.71 Å². The topological polar surface area (TPSA) is 53.3 Å². The highest BCUT2D eigenvalue weighted by Gasteiger charge is 1.87. The molecule has 0 fully saturated rings. The minimum atomic E-state index is 0.0665. The van der Waals surface area contributed by atoms with Crippen molar-refractivity contribution < 1.29 is 9.84 Å². The number of hydrogen-bond acceptors (Lipinski definition) is 3. The predicted octanol–water partition coefficient (Wildman–Crippen LogP) is 0.425. The molecule has 0 aromatic carbocycles. The molecule has 0 atom stereocenters. The standard InChI is InChI=1S/C6H13NO2/c1-6(7)2-4-9-5-3-8/h7-8H,2-5H2,1H3. The zero-order chi connectivity index (χ0) is 7.11. The molecule has 9 heavy (non-hydrogen) atoms. The van der Waals surface area contributed by atoms with Gasteiger partial charge in [0.1, 0.15) is 0 Å². The molecule has 0 aromatic rings. The molecule has 0 heterocycles. The fourth-order valence-electron chi connectivity index (χ4n) is 0.392. The zero-order valence-corrected chi connectivity index (χ0v) is 5.68. The molecule has 0 saturated carbocycles. The molecular weight excluding hydrogens is 118 g/mol. The van der Waals surface area contributed by atoms with Crippen LogP contribution in [-0.4, -0.2) is 30.6 Å². The molecule has 0 aliphatic rings. The maximum atomic E-state index is 8.25. The molecule has 0 bridgehead atoms. The van der Waals surface area contributed by atoms with Crippen LogP contribution in [0.1, 0.15) is 13.3 Å². The maximum absolute atomic E-state index is 8.25. The van der Waals surface area contributed by atoms with Crippen LogP contribution in [0.5, 0.6) is 0 Å². The van der Waals surface area contributed by atoms with Gasteiger partial charge in [-0.1, -0.05) is 0 Å². The van der Waals surface area contributed by atoms with Crippen LogP contribution in [0.4, 0.5) is 0 Å². The van der Waals surface area contributed by atoms with Crippen LogP contribution in [0.2, 0.25) is 0 Å². The van der Waals surface area contributed by atoms with Crippen molar-refractivity contribution in [3.05, 3.63) is 0 Å². The minimum Gasteiger partial charge on any atom is -0.394 e. The van der Waals surface area contributed by atoms with Crippen molar-refractivity contribution in [2.24, 2.45) is 0 Å². The largest absolute Gasteiger partial charge is 0.394 e. The van der Waals surface area contributed by atoms with Crippen LogP contribution >= 0.6 is 0 Å². The van der Waals surface area contributed by atoms with Gasteiger partial charge in [-0.15, -0.1) is 0 Å². The van der Waals surface area contributed by atoms with E-state index in [9.17, 15) is 0 Å². The first kappa shape index (κ1) is 8.59. The molecule has 0 aliphatic heterocycles. The highest BCUT2D eigenvalue weighted by atomic mass is 16.5. The van der Waals surface area contributed by atoms with Crippen molar-refractivity contribution in [3.8, 4) is 0 Å². The van der Waals surface area contributed by atoms with E-state index in [1.807, 2.05) is 0 Å². The second-order valence-electron chi connectivity index (χ2n) is 1.87. The average molecular weight is 131 g/mol. The number of aliphatic hydroxyl groups is 1. The Labute approximate surface area is 55.2 Å². The highest BCUT2D eigenvalue weighted by molar-refractivity contribution is 5.78. The molecule has 0 unspecified atom stereocenters. The summed E-state index contributed by atoms with van der Waals surface area (Å²) in [7, 11) is 0. The lowest BCUT2D eigenvalue weighted by molar-refractivity contribution is 0.0970. The SMILES string of the molecule is CC(=N)CCOCCO. The molecule has 2 N–H and O–H groups in total. The van der Waals surface area contributed by atoms with E-state index in [1.165, 1.54) is 0 Å². The number of nitrogens with one attached hydrogen (secondary N) is 1. The molecule has 0 aliphatic carbocycles. The summed E-state index contributed by atoms with van der Waals surface area (Å²) in [6.45, 7) is 2.74. The summed E-state index contributed by atoms with van der Waals surface area (Å²) in [6, 6.07) is 0. The Balaban J connectivity index is 2.83. The summed E-state index contributed by atoms with van der Waals surface area (Å²) in [5.74, 6) is 0. The minimum absolute atomic E-state index is 0.0665. The quantitative estimate of drug-likeness (QED) is 0.420. The van der Waals surface area contributed by atoms with Gasteiger partial charge in [-0.2, -0.15) is 0 Å². The van der Waals surface area contributed by atoms with E-state index in [4.69, 9.17) is 15.3 Å². The van der Waals surface area contributed by atoms with Crippen LogP contribution in [0.25, 0.3) is 0 Å². The first-order chi connectivity index (χ1) is 4.27. The second-order valence-corrected chi connectivity index (χ2v) is 1.87. The van der Waals surface area contributed by atoms with Crippen LogP contribution in [0, 0.1) is 5.41 Å². The number of hydrogen-bond donors (Lipinski definition) is 2. The lowest BCUT2D eigenvalue weighted by Gasteiger charge is -1.98. The van der Waals surface area contributed by atoms with Crippen LogP contribution in [0.3, 0.4) is 0 Å². The third-order valence-corrected chi connectivity index (χ3v) is 0.857. The van der Waals surface area contributed by atoms with E-state index >= 15 is 0 Å². The van der Waals surface area contributed by atoms with Gasteiger partial charge < -0.3 is 15.3 Å². The molecule has 0 radical (unpaired) electrons. The van der Waals surface area contributed by atoms with E-state index in [-0.39, 0.29) is 6.61 Å². The fourth-order valence-corrected chi connectivity index (χ4v) is 0.392. The molecule has 0 saturated heterocycles. The third kappa shape index (κ3) is 7.59. The third-order valence-electron chi connectivity index (χ3n) is 0.857. The summed E-state index contributed by atoms with van der Waals surface area (Å²) in [5.41, 5.74) is 0.618. The highest BCUT2D eigenvalue weighted by Crippen LogP contribution is 1.83. The van der Waals surface area contributed by atoms with E-state index in [2.05, 4.69) is 0 Å². The predicted molar refractivity (Wildman–Crippen MR) is 35.9 cm³/mol. The van der Waals surface area contributed by atoms with Crippen molar-refractivity contribution in [1.82, 2.24) is 0 Å². The van der Waals surface area contributed by atoms with Gasteiger partial charge in [-0.25, -0.2) is 0 Å². The Bertz CT molecular complexity index is 83.1. The maximum Gasteiger partial charge on any atom is 0.0697 e. The molecule has 0 spiro atoms. The molecular formula is C6H13NO2. The Hall–Kier alpha value is -0.410. The van der Waals surface area contributed by atoms with Gasteiger partial charge in [-0.05, 0) is 6.92 Å². The van der Waals surface area contributed by atoms with Crippen molar-refractivity contribution in [3.63, 3.8) is 0 Å². The second kappa shape index (κ2) is 5.72. The summed E-state index contributed by atoms with van der Waals surface area (Å²) in [6.07, 6.45) is 0.667. The van der Waals surface area contributed by atoms with E-state index < -0.39 is 0 Å². The number of ether oxygens (including phenoxy) is 1. The van der Waals surface area contributed by atoms with E-state index in [1.54, 1.807) is 6.92 Å². The summed E-state index contributed by atoms with van der Waals surface area (Å²) in [5, 5.41) is 15.2. The van der Waals surface area contributed by atoms with Crippen LogP contribution in [-0.2, 0) is 4.74 Å². The molecule has 3 nitrogen and oxygen atoms in total. The van der Waals surface area contributed by atoms with Gasteiger partial charge in [0.05, 0.1) is 19.8 Å². The Morgan fingerprint density at radius 3 is 2.67 bits per heavy atom. The average Bonchev–Trinajstić information content (AvgIpc) is 1.80. The first-order valence-electron chi connectivity index (χ1n) is 3.00. The van der Waals surface area contributed by atoms with Gasteiger partial charge >= 0.3 is 0 Å². The van der Waals surface area contributed by atoms with Gasteiger partial charge in [-0.3, -0.25) is 0 Å². The normalized spacial score (nSPS) is 9.56. The van der Waals surface area contributed by atoms with Crippen molar-refractivity contribution in [1.29, 1.82) is 5.41 Å². The molecule has 0 amide bonds. The summed E-state index contributed by atoms with van der Waals surface area (Å²) < 4.78 is 4.90. The van der Waals surface area contributed by atoms with Crippen molar-refractivity contribution in [2.75, 3.05) is 19.8 Å². The first-order valence-corrected chi connectivity index (χ1v) is 3.00. The van der Waals surface area contributed by atoms with Gasteiger partial charge in [0, 0.05) is 12.1 Å². The van der Waals surface area contributed by atoms with Gasteiger partial charge in [0.2, 0.25) is 0 Å². The van der Waals surface area contributed by atoms with Gasteiger partial charge in [0.25, 0.3) is 0 Å². The summed E-state index contributed by atoms with van der Waals surface area (Å²) in [4.78, 5) is 0. The summed E-state index contributed by atoms with van der Waals surface area (Å²) >= 11 is 0. The fraction of sp³-hybridized carbons (Fsp3) is 0.833.